The molecule has 0 radical (unpaired) electrons. The Morgan fingerprint density at radius 1 is 1.50 bits per heavy atom. The quantitative estimate of drug-likeness (QED) is 0.875. The van der Waals surface area contributed by atoms with Gasteiger partial charge in [-0.1, -0.05) is 0 Å². The molecular formula is C12H11FN2O3. The molecule has 0 fully saturated rings. The van der Waals surface area contributed by atoms with Gasteiger partial charge in [0.2, 0.25) is 0 Å². The Balaban J connectivity index is 2.68. The largest absolute Gasteiger partial charge is 0.496 e. The zero-order valence-corrected chi connectivity index (χ0v) is 9.82. The highest BCUT2D eigenvalue weighted by atomic mass is 19.1. The van der Waals surface area contributed by atoms with Crippen molar-refractivity contribution in [1.82, 2.24) is 9.97 Å². The number of aromatic amines is 1. The summed E-state index contributed by atoms with van der Waals surface area (Å²) in [6.45, 7) is 1.63. The molecule has 0 aliphatic heterocycles. The number of nitrogens with one attached hydrogen (secondary N) is 1. The summed E-state index contributed by atoms with van der Waals surface area (Å²) < 4.78 is 18.4. The Labute approximate surface area is 102 Å². The Bertz CT molecular complexity index is 607. The van der Waals surface area contributed by atoms with E-state index < -0.39 is 11.8 Å². The summed E-state index contributed by atoms with van der Waals surface area (Å²) in [7, 11) is 1.43. The van der Waals surface area contributed by atoms with Gasteiger partial charge in [-0.3, -0.25) is 0 Å². The van der Waals surface area contributed by atoms with E-state index in [4.69, 9.17) is 9.84 Å². The van der Waals surface area contributed by atoms with Gasteiger partial charge in [-0.15, -0.1) is 0 Å². The first-order valence-electron chi connectivity index (χ1n) is 5.16. The van der Waals surface area contributed by atoms with Gasteiger partial charge in [0.05, 0.1) is 7.11 Å². The molecule has 1 aromatic carbocycles. The highest BCUT2D eigenvalue weighted by molar-refractivity contribution is 5.93. The van der Waals surface area contributed by atoms with Crippen LogP contribution in [0.3, 0.4) is 0 Å². The van der Waals surface area contributed by atoms with Crippen molar-refractivity contribution < 1.29 is 19.0 Å². The number of H-pyrrole nitrogens is 1. The van der Waals surface area contributed by atoms with E-state index in [1.165, 1.54) is 25.3 Å². The number of nitrogens with zero attached hydrogens (tertiary/aromatic N) is 1. The van der Waals surface area contributed by atoms with Crippen molar-refractivity contribution in [1.29, 1.82) is 0 Å². The van der Waals surface area contributed by atoms with Crippen LogP contribution >= 0.6 is 0 Å². The molecule has 5 nitrogen and oxygen atoms in total. The van der Waals surface area contributed by atoms with Gasteiger partial charge in [0.15, 0.2) is 5.69 Å². The van der Waals surface area contributed by atoms with Gasteiger partial charge < -0.3 is 14.8 Å². The standard InChI is InChI=1S/C12H11FN2O3/c1-6-14-10(11(15-6)12(16)17)8-5-7(13)3-4-9(8)18-2/h3-5H,1-2H3,(H,14,15)(H,16,17). The minimum absolute atomic E-state index is 0.0867. The van der Waals surface area contributed by atoms with Crippen molar-refractivity contribution in [2.45, 2.75) is 6.92 Å². The maximum Gasteiger partial charge on any atom is 0.354 e. The number of aromatic carboxylic acids is 1. The summed E-state index contributed by atoms with van der Waals surface area (Å²) in [5.74, 6) is -0.834. The third-order valence-corrected chi connectivity index (χ3v) is 2.45. The molecule has 0 saturated heterocycles. The molecule has 0 unspecified atom stereocenters. The van der Waals surface area contributed by atoms with Crippen LogP contribution in [0.5, 0.6) is 5.75 Å². The molecule has 2 aromatic rings. The van der Waals surface area contributed by atoms with Crippen LogP contribution in [0.25, 0.3) is 11.3 Å². The van der Waals surface area contributed by atoms with Gasteiger partial charge in [-0.05, 0) is 25.1 Å². The van der Waals surface area contributed by atoms with E-state index in [0.29, 0.717) is 17.1 Å². The van der Waals surface area contributed by atoms with Crippen molar-refractivity contribution >= 4 is 5.97 Å². The van der Waals surface area contributed by atoms with E-state index in [9.17, 15) is 9.18 Å². The smallest absolute Gasteiger partial charge is 0.354 e. The van der Waals surface area contributed by atoms with E-state index in [1.54, 1.807) is 6.92 Å². The predicted molar refractivity (Wildman–Crippen MR) is 62.2 cm³/mol. The van der Waals surface area contributed by atoms with Gasteiger partial charge in [-0.25, -0.2) is 14.2 Å². The van der Waals surface area contributed by atoms with Crippen LogP contribution in [-0.4, -0.2) is 28.2 Å². The summed E-state index contributed by atoms with van der Waals surface area (Å²) in [5, 5.41) is 9.07. The maximum absolute atomic E-state index is 13.3. The second-order valence-corrected chi connectivity index (χ2v) is 3.70. The number of hydrogen-bond acceptors (Lipinski definition) is 3. The van der Waals surface area contributed by atoms with Crippen LogP contribution < -0.4 is 4.74 Å². The normalized spacial score (nSPS) is 10.4. The van der Waals surface area contributed by atoms with E-state index in [1.807, 2.05) is 0 Å². The Morgan fingerprint density at radius 2 is 2.22 bits per heavy atom. The second kappa shape index (κ2) is 4.48. The number of aryl methyl sites for hydroxylation is 1. The predicted octanol–water partition coefficient (Wildman–Crippen LogP) is 2.23. The molecular weight excluding hydrogens is 239 g/mol. The summed E-state index contributed by atoms with van der Waals surface area (Å²) >= 11 is 0. The van der Waals surface area contributed by atoms with Gasteiger partial charge in [0, 0.05) is 5.56 Å². The zero-order valence-electron chi connectivity index (χ0n) is 9.82. The van der Waals surface area contributed by atoms with E-state index in [0.717, 1.165) is 0 Å². The lowest BCUT2D eigenvalue weighted by molar-refractivity contribution is 0.0692. The van der Waals surface area contributed by atoms with Crippen LogP contribution in [0.1, 0.15) is 16.3 Å². The van der Waals surface area contributed by atoms with E-state index >= 15 is 0 Å². The minimum atomic E-state index is -1.16. The fourth-order valence-corrected chi connectivity index (χ4v) is 1.71. The fourth-order valence-electron chi connectivity index (χ4n) is 1.71. The topological polar surface area (TPSA) is 75.2 Å². The van der Waals surface area contributed by atoms with Gasteiger partial charge in [0.1, 0.15) is 23.1 Å². The average Bonchev–Trinajstić information content (AvgIpc) is 2.71. The summed E-state index contributed by atoms with van der Waals surface area (Å²) in [5.41, 5.74) is 0.381. The van der Waals surface area contributed by atoms with Gasteiger partial charge >= 0.3 is 5.97 Å². The van der Waals surface area contributed by atoms with Crippen LogP contribution in [0.15, 0.2) is 18.2 Å². The molecule has 0 aliphatic carbocycles. The van der Waals surface area contributed by atoms with Crippen molar-refractivity contribution in [2.75, 3.05) is 7.11 Å². The number of imidazole rings is 1. The SMILES string of the molecule is COc1ccc(F)cc1-c1nc(C)[nH]c1C(=O)O. The number of benzene rings is 1. The molecule has 0 saturated carbocycles. The molecule has 0 aliphatic rings. The average molecular weight is 250 g/mol. The van der Waals surface area contributed by atoms with Crippen molar-refractivity contribution in [3.8, 4) is 17.0 Å². The lowest BCUT2D eigenvalue weighted by Crippen LogP contribution is -2.00. The molecule has 0 bridgehead atoms. The molecule has 18 heavy (non-hydrogen) atoms. The number of methoxy groups -OCH3 is 1. The molecule has 94 valence electrons. The van der Waals surface area contributed by atoms with Crippen molar-refractivity contribution in [2.24, 2.45) is 0 Å². The third-order valence-electron chi connectivity index (χ3n) is 2.45. The monoisotopic (exact) mass is 250 g/mol. The Hall–Kier alpha value is -2.37. The summed E-state index contributed by atoms with van der Waals surface area (Å²) in [4.78, 5) is 17.8. The van der Waals surface area contributed by atoms with Gasteiger partial charge in [-0.2, -0.15) is 0 Å². The first-order chi connectivity index (χ1) is 8.52. The maximum atomic E-state index is 13.3. The number of ether oxygens (including phenoxy) is 1. The van der Waals surface area contributed by atoms with Crippen LogP contribution in [0.2, 0.25) is 0 Å². The molecule has 2 rings (SSSR count). The molecule has 1 aromatic heterocycles. The summed E-state index contributed by atoms with van der Waals surface area (Å²) in [6.07, 6.45) is 0. The Morgan fingerprint density at radius 3 is 2.83 bits per heavy atom. The second-order valence-electron chi connectivity index (χ2n) is 3.70. The number of hydrogen-bond donors (Lipinski definition) is 2. The number of rotatable bonds is 3. The highest BCUT2D eigenvalue weighted by Crippen LogP contribution is 2.31. The zero-order chi connectivity index (χ0) is 13.3. The lowest BCUT2D eigenvalue weighted by Gasteiger charge is -2.06. The van der Waals surface area contributed by atoms with Crippen LogP contribution in [0, 0.1) is 12.7 Å². The molecule has 2 N–H and O–H groups in total. The number of carboxylic acids is 1. The van der Waals surface area contributed by atoms with E-state index in [-0.39, 0.29) is 11.4 Å². The molecule has 0 amide bonds. The van der Waals surface area contributed by atoms with Crippen LogP contribution in [-0.2, 0) is 0 Å². The van der Waals surface area contributed by atoms with Gasteiger partial charge in [0.25, 0.3) is 0 Å². The first kappa shape index (κ1) is 12.1. The fraction of sp³-hybridized carbons (Fsp3) is 0.167. The van der Waals surface area contributed by atoms with E-state index in [2.05, 4.69) is 9.97 Å². The molecule has 0 spiro atoms. The van der Waals surface area contributed by atoms with Crippen molar-refractivity contribution in [3.05, 3.63) is 35.5 Å². The lowest BCUT2D eigenvalue weighted by atomic mass is 10.1. The van der Waals surface area contributed by atoms with Crippen LogP contribution in [0.4, 0.5) is 4.39 Å². The van der Waals surface area contributed by atoms with Crippen molar-refractivity contribution in [3.63, 3.8) is 0 Å². The molecule has 6 heteroatoms. The number of aromatic nitrogens is 2. The Kier molecular flexibility index (Phi) is 3.01. The first-order valence-corrected chi connectivity index (χ1v) is 5.16. The number of halogens is 1. The highest BCUT2D eigenvalue weighted by Gasteiger charge is 2.20. The number of carboxylic acid groups (broad SMARTS) is 1. The third kappa shape index (κ3) is 2.04. The molecule has 1 heterocycles. The minimum Gasteiger partial charge on any atom is -0.496 e. The number of carbonyl (C=O) groups is 1. The summed E-state index contributed by atoms with van der Waals surface area (Å²) in [6, 6.07) is 3.86. The molecule has 0 atom stereocenters.